The lowest BCUT2D eigenvalue weighted by Gasteiger charge is -2.15. The molecule has 0 aliphatic rings. The lowest BCUT2D eigenvalue weighted by Crippen LogP contribution is -2.18. The van der Waals surface area contributed by atoms with Crippen LogP contribution >= 0.6 is 23.2 Å². The van der Waals surface area contributed by atoms with Crippen LogP contribution in [0.1, 0.15) is 30.6 Å². The first-order chi connectivity index (χ1) is 8.65. The van der Waals surface area contributed by atoms with Crippen molar-refractivity contribution in [2.45, 2.75) is 25.9 Å². The first-order valence-corrected chi connectivity index (χ1v) is 6.48. The Morgan fingerprint density at radius 2 is 2.17 bits per heavy atom. The van der Waals surface area contributed by atoms with Crippen molar-refractivity contribution in [2.75, 3.05) is 0 Å². The van der Waals surface area contributed by atoms with Gasteiger partial charge in [-0.2, -0.15) is 0 Å². The normalized spacial score (nSPS) is 12.7. The van der Waals surface area contributed by atoms with E-state index in [-0.39, 0.29) is 6.04 Å². The SMILES string of the molecule is CCCn1nncc1C(N)c1cccc(Cl)c1Cl. The highest BCUT2D eigenvalue weighted by Gasteiger charge is 2.18. The Morgan fingerprint density at radius 1 is 1.39 bits per heavy atom. The molecule has 0 fully saturated rings. The number of hydrogen-bond donors (Lipinski definition) is 1. The Morgan fingerprint density at radius 3 is 2.89 bits per heavy atom. The van der Waals surface area contributed by atoms with Crippen LogP contribution in [-0.4, -0.2) is 15.0 Å². The molecule has 0 radical (unpaired) electrons. The monoisotopic (exact) mass is 284 g/mol. The summed E-state index contributed by atoms with van der Waals surface area (Å²) in [5.74, 6) is 0. The summed E-state index contributed by atoms with van der Waals surface area (Å²) in [6, 6.07) is 5.05. The molecule has 6 heteroatoms. The molecule has 0 aliphatic carbocycles. The van der Waals surface area contributed by atoms with Gasteiger partial charge < -0.3 is 5.73 Å². The van der Waals surface area contributed by atoms with Crippen molar-refractivity contribution in [3.8, 4) is 0 Å². The molecule has 2 rings (SSSR count). The van der Waals surface area contributed by atoms with Gasteiger partial charge in [0.05, 0.1) is 28.0 Å². The number of benzene rings is 1. The minimum absolute atomic E-state index is 0.377. The van der Waals surface area contributed by atoms with Gasteiger partial charge in [0.25, 0.3) is 0 Å². The van der Waals surface area contributed by atoms with E-state index >= 15 is 0 Å². The highest BCUT2D eigenvalue weighted by molar-refractivity contribution is 6.42. The van der Waals surface area contributed by atoms with E-state index in [1.807, 2.05) is 12.1 Å². The van der Waals surface area contributed by atoms with E-state index in [9.17, 15) is 0 Å². The molecule has 0 spiro atoms. The molecule has 1 aromatic carbocycles. The van der Waals surface area contributed by atoms with Gasteiger partial charge in [0.2, 0.25) is 0 Å². The van der Waals surface area contributed by atoms with Crippen LogP contribution in [0.3, 0.4) is 0 Å². The largest absolute Gasteiger partial charge is 0.319 e. The molecular formula is C12H14Cl2N4. The van der Waals surface area contributed by atoms with E-state index in [0.29, 0.717) is 10.0 Å². The summed E-state index contributed by atoms with van der Waals surface area (Å²) in [7, 11) is 0. The zero-order chi connectivity index (χ0) is 13.1. The quantitative estimate of drug-likeness (QED) is 0.939. The number of aryl methyl sites for hydroxylation is 1. The molecule has 1 heterocycles. The first-order valence-electron chi connectivity index (χ1n) is 5.73. The molecule has 1 unspecified atom stereocenters. The number of nitrogens with two attached hydrogens (primary N) is 1. The van der Waals surface area contributed by atoms with E-state index < -0.39 is 0 Å². The number of rotatable bonds is 4. The first kappa shape index (κ1) is 13.3. The van der Waals surface area contributed by atoms with Gasteiger partial charge in [-0.15, -0.1) is 5.10 Å². The van der Waals surface area contributed by atoms with Crippen LogP contribution in [0.15, 0.2) is 24.4 Å². The Bertz CT molecular complexity index is 539. The second-order valence-electron chi connectivity index (χ2n) is 4.00. The molecule has 2 N–H and O–H groups in total. The Balaban J connectivity index is 2.38. The van der Waals surface area contributed by atoms with Gasteiger partial charge >= 0.3 is 0 Å². The molecule has 18 heavy (non-hydrogen) atoms. The summed E-state index contributed by atoms with van der Waals surface area (Å²) >= 11 is 12.2. The van der Waals surface area contributed by atoms with Crippen LogP contribution in [0, 0.1) is 0 Å². The highest BCUT2D eigenvalue weighted by Crippen LogP contribution is 2.31. The van der Waals surface area contributed by atoms with Crippen molar-refractivity contribution in [1.29, 1.82) is 0 Å². The summed E-state index contributed by atoms with van der Waals surface area (Å²) < 4.78 is 1.79. The number of aromatic nitrogens is 3. The maximum absolute atomic E-state index is 6.22. The zero-order valence-electron chi connectivity index (χ0n) is 9.98. The lowest BCUT2D eigenvalue weighted by molar-refractivity contribution is 0.543. The van der Waals surface area contributed by atoms with Crippen molar-refractivity contribution in [3.05, 3.63) is 45.7 Å². The molecule has 2 aromatic rings. The molecule has 0 saturated heterocycles. The summed E-state index contributed by atoms with van der Waals surface area (Å²) in [5.41, 5.74) is 7.83. The van der Waals surface area contributed by atoms with E-state index in [4.69, 9.17) is 28.9 Å². The fourth-order valence-electron chi connectivity index (χ4n) is 1.81. The van der Waals surface area contributed by atoms with Crippen molar-refractivity contribution in [2.24, 2.45) is 5.73 Å². The van der Waals surface area contributed by atoms with Gasteiger partial charge in [0.15, 0.2) is 0 Å². The van der Waals surface area contributed by atoms with Crippen LogP contribution in [0.5, 0.6) is 0 Å². The standard InChI is InChI=1S/C12H14Cl2N4/c1-2-6-18-10(7-16-17-18)12(15)8-4-3-5-9(13)11(8)14/h3-5,7,12H,2,6,15H2,1H3. The smallest absolute Gasteiger partial charge is 0.0800 e. The van der Waals surface area contributed by atoms with E-state index in [1.54, 1.807) is 16.9 Å². The topological polar surface area (TPSA) is 56.7 Å². The number of hydrogen-bond acceptors (Lipinski definition) is 3. The minimum atomic E-state index is -0.377. The number of nitrogens with zero attached hydrogens (tertiary/aromatic N) is 3. The van der Waals surface area contributed by atoms with Crippen LogP contribution in [0.4, 0.5) is 0 Å². The molecular weight excluding hydrogens is 271 g/mol. The van der Waals surface area contributed by atoms with Gasteiger partial charge in [-0.3, -0.25) is 0 Å². The maximum atomic E-state index is 6.22. The van der Waals surface area contributed by atoms with Crippen molar-refractivity contribution >= 4 is 23.2 Å². The second-order valence-corrected chi connectivity index (χ2v) is 4.79. The Kier molecular flexibility index (Phi) is 4.22. The zero-order valence-corrected chi connectivity index (χ0v) is 11.5. The molecule has 0 amide bonds. The van der Waals surface area contributed by atoms with Crippen molar-refractivity contribution in [3.63, 3.8) is 0 Å². The van der Waals surface area contributed by atoms with E-state index in [1.165, 1.54) is 0 Å². The third-order valence-electron chi connectivity index (χ3n) is 2.72. The maximum Gasteiger partial charge on any atom is 0.0800 e. The minimum Gasteiger partial charge on any atom is -0.319 e. The summed E-state index contributed by atoms with van der Waals surface area (Å²) in [5, 5.41) is 8.89. The molecule has 1 atom stereocenters. The fourth-order valence-corrected chi connectivity index (χ4v) is 2.24. The molecule has 4 nitrogen and oxygen atoms in total. The third-order valence-corrected chi connectivity index (χ3v) is 3.55. The van der Waals surface area contributed by atoms with Crippen molar-refractivity contribution in [1.82, 2.24) is 15.0 Å². The summed E-state index contributed by atoms with van der Waals surface area (Å²) in [6.07, 6.45) is 2.63. The average Bonchev–Trinajstić information content (AvgIpc) is 2.80. The molecule has 0 saturated carbocycles. The van der Waals surface area contributed by atoms with Gasteiger partial charge in [-0.05, 0) is 18.1 Å². The lowest BCUT2D eigenvalue weighted by atomic mass is 10.1. The molecule has 96 valence electrons. The van der Waals surface area contributed by atoms with Gasteiger partial charge in [-0.1, -0.05) is 47.5 Å². The van der Waals surface area contributed by atoms with Crippen LogP contribution in [0.25, 0.3) is 0 Å². The highest BCUT2D eigenvalue weighted by atomic mass is 35.5. The average molecular weight is 285 g/mol. The summed E-state index contributed by atoms with van der Waals surface area (Å²) in [4.78, 5) is 0. The van der Waals surface area contributed by atoms with E-state index in [0.717, 1.165) is 24.2 Å². The van der Waals surface area contributed by atoms with Crippen molar-refractivity contribution < 1.29 is 0 Å². The van der Waals surface area contributed by atoms with Crippen LogP contribution in [0.2, 0.25) is 10.0 Å². The Labute approximate surface area is 116 Å². The van der Waals surface area contributed by atoms with Crippen LogP contribution in [-0.2, 0) is 6.54 Å². The third kappa shape index (κ3) is 2.51. The van der Waals surface area contributed by atoms with Gasteiger partial charge in [0, 0.05) is 6.54 Å². The van der Waals surface area contributed by atoms with E-state index in [2.05, 4.69) is 17.2 Å². The Hall–Kier alpha value is -1.10. The predicted octanol–water partition coefficient (Wildman–Crippen LogP) is 3.04. The summed E-state index contributed by atoms with van der Waals surface area (Å²) in [6.45, 7) is 2.85. The molecule has 1 aromatic heterocycles. The molecule has 0 aliphatic heterocycles. The molecule has 0 bridgehead atoms. The second kappa shape index (κ2) is 5.69. The van der Waals surface area contributed by atoms with Gasteiger partial charge in [0.1, 0.15) is 0 Å². The number of halogens is 2. The van der Waals surface area contributed by atoms with Crippen LogP contribution < -0.4 is 5.73 Å². The predicted molar refractivity (Wildman–Crippen MR) is 72.8 cm³/mol. The fraction of sp³-hybridized carbons (Fsp3) is 0.333. The van der Waals surface area contributed by atoms with Gasteiger partial charge in [-0.25, -0.2) is 4.68 Å².